The Hall–Kier alpha value is -4.43. The van der Waals surface area contributed by atoms with E-state index in [-0.39, 0.29) is 5.56 Å². The van der Waals surface area contributed by atoms with Crippen LogP contribution in [0.3, 0.4) is 0 Å². The van der Waals surface area contributed by atoms with Gasteiger partial charge < -0.3 is 14.1 Å². The molecule has 1 N–H and O–H groups in total. The second kappa shape index (κ2) is 7.28. The fraction of sp³-hybridized carbons (Fsp3) is 0.0769. The Bertz CT molecular complexity index is 1820. The molecule has 1 atom stereocenters. The summed E-state index contributed by atoms with van der Waals surface area (Å²) < 4.78 is 13.4. The van der Waals surface area contributed by atoms with E-state index in [0.717, 1.165) is 16.5 Å². The fourth-order valence-corrected chi connectivity index (χ4v) is 4.82. The van der Waals surface area contributed by atoms with Gasteiger partial charge in [-0.2, -0.15) is 0 Å². The van der Waals surface area contributed by atoms with Gasteiger partial charge in [-0.05, 0) is 48.9 Å². The third kappa shape index (κ3) is 3.00. The maximum atomic E-state index is 13.5. The fourth-order valence-electron chi connectivity index (χ4n) is 4.70. The first kappa shape index (κ1) is 20.0. The van der Waals surface area contributed by atoms with E-state index in [1.54, 1.807) is 41.4 Å². The van der Waals surface area contributed by atoms with Crippen molar-refractivity contribution in [2.45, 2.75) is 12.8 Å². The molecule has 9 heteroatoms. The Kier molecular flexibility index (Phi) is 4.16. The Morgan fingerprint density at radius 3 is 2.74 bits per heavy atom. The summed E-state index contributed by atoms with van der Waals surface area (Å²) in [5, 5.41) is 5.94. The van der Waals surface area contributed by atoms with Crippen molar-refractivity contribution in [1.29, 1.82) is 0 Å². The van der Waals surface area contributed by atoms with Crippen LogP contribution in [-0.4, -0.2) is 24.6 Å². The molecule has 0 fully saturated rings. The maximum Gasteiger partial charge on any atom is 0.256 e. The van der Waals surface area contributed by atoms with Gasteiger partial charge in [0.2, 0.25) is 11.7 Å². The summed E-state index contributed by atoms with van der Waals surface area (Å²) in [5.74, 6) is 1.29. The third-order valence-corrected chi connectivity index (χ3v) is 6.52. The van der Waals surface area contributed by atoms with Gasteiger partial charge in [0.1, 0.15) is 12.1 Å². The number of fused-ring (bicyclic) bond motifs is 6. The number of aromatic amines is 1. The molecule has 8 nitrogen and oxygen atoms in total. The van der Waals surface area contributed by atoms with Crippen molar-refractivity contribution in [3.05, 3.63) is 105 Å². The molecule has 0 amide bonds. The number of hydrogen-bond acceptors (Lipinski definition) is 6. The van der Waals surface area contributed by atoms with Crippen molar-refractivity contribution in [2.24, 2.45) is 0 Å². The molecule has 1 unspecified atom stereocenters. The van der Waals surface area contributed by atoms with Crippen LogP contribution in [0, 0.1) is 6.92 Å². The molecule has 6 aromatic rings. The number of nitrogens with one attached hydrogen (secondary N) is 1. The number of ether oxygens (including phenoxy) is 1. The first-order valence-electron chi connectivity index (χ1n) is 11.0. The largest absolute Gasteiger partial charge is 0.461 e. The minimum Gasteiger partial charge on any atom is -0.461 e. The minimum absolute atomic E-state index is 0.241. The van der Waals surface area contributed by atoms with Crippen molar-refractivity contribution in [1.82, 2.24) is 24.6 Å². The summed E-state index contributed by atoms with van der Waals surface area (Å²) in [5.41, 5.74) is 4.01. The van der Waals surface area contributed by atoms with Gasteiger partial charge in [-0.1, -0.05) is 35.4 Å². The van der Waals surface area contributed by atoms with Crippen LogP contribution in [0.2, 0.25) is 5.02 Å². The van der Waals surface area contributed by atoms with Crippen molar-refractivity contribution in [3.63, 3.8) is 0 Å². The number of H-pyrrole nitrogens is 1. The van der Waals surface area contributed by atoms with E-state index in [1.165, 1.54) is 0 Å². The van der Waals surface area contributed by atoms with Gasteiger partial charge in [-0.15, -0.1) is 5.10 Å². The first-order chi connectivity index (χ1) is 17.1. The van der Waals surface area contributed by atoms with Gasteiger partial charge in [-0.25, -0.2) is 14.5 Å². The molecule has 1 aliphatic rings. The van der Waals surface area contributed by atoms with Crippen LogP contribution < -0.4 is 10.3 Å². The number of hydrogen-bond donors (Lipinski definition) is 1. The summed E-state index contributed by atoms with van der Waals surface area (Å²) in [7, 11) is 0. The van der Waals surface area contributed by atoms with Crippen molar-refractivity contribution < 1.29 is 9.15 Å². The van der Waals surface area contributed by atoms with Gasteiger partial charge in [0.15, 0.2) is 11.4 Å². The van der Waals surface area contributed by atoms with Gasteiger partial charge in [0.25, 0.3) is 5.56 Å². The van der Waals surface area contributed by atoms with Crippen molar-refractivity contribution >= 4 is 28.2 Å². The van der Waals surface area contributed by atoms with Gasteiger partial charge in [-0.3, -0.25) is 4.79 Å². The third-order valence-electron chi connectivity index (χ3n) is 6.27. The molecule has 0 saturated carbocycles. The highest BCUT2D eigenvalue weighted by molar-refractivity contribution is 6.30. The number of rotatable bonds is 2. The lowest BCUT2D eigenvalue weighted by atomic mass is 9.83. The Morgan fingerprint density at radius 1 is 1.09 bits per heavy atom. The number of aryl methyl sites for hydroxylation is 1. The van der Waals surface area contributed by atoms with Gasteiger partial charge in [0.05, 0.1) is 28.8 Å². The van der Waals surface area contributed by atoms with E-state index in [2.05, 4.69) is 15.1 Å². The van der Waals surface area contributed by atoms with E-state index in [9.17, 15) is 4.79 Å². The average molecular weight is 482 g/mol. The molecular weight excluding hydrogens is 466 g/mol. The number of furan rings is 1. The maximum absolute atomic E-state index is 13.5. The SMILES string of the molecule is Cc1ccc2[nH]c(=O)c3c(c2c1)Oc1ncn2nc(-c4ccco4)nc2c1C3c1ccc(Cl)cc1. The molecule has 0 radical (unpaired) electrons. The van der Waals surface area contributed by atoms with Gasteiger partial charge >= 0.3 is 0 Å². The normalized spacial score (nSPS) is 14.6. The molecule has 2 aromatic carbocycles. The summed E-state index contributed by atoms with van der Waals surface area (Å²) >= 11 is 6.19. The van der Waals surface area contributed by atoms with E-state index in [1.807, 2.05) is 37.3 Å². The summed E-state index contributed by atoms with van der Waals surface area (Å²) in [4.78, 5) is 25.8. The monoisotopic (exact) mass is 481 g/mol. The van der Waals surface area contributed by atoms with E-state index in [0.29, 0.717) is 50.5 Å². The summed E-state index contributed by atoms with van der Waals surface area (Å²) in [6.45, 7) is 2.00. The van der Waals surface area contributed by atoms with Crippen LogP contribution in [0.15, 0.2) is 76.4 Å². The zero-order valence-electron chi connectivity index (χ0n) is 18.3. The number of halogens is 1. The molecule has 7 rings (SSSR count). The number of aromatic nitrogens is 5. The molecule has 0 bridgehead atoms. The molecular formula is C26H16ClN5O3. The molecule has 4 aromatic heterocycles. The summed E-state index contributed by atoms with van der Waals surface area (Å²) in [6, 6.07) is 16.8. The summed E-state index contributed by atoms with van der Waals surface area (Å²) in [6.07, 6.45) is 3.12. The molecule has 170 valence electrons. The highest BCUT2D eigenvalue weighted by Gasteiger charge is 2.36. The molecule has 1 aliphatic heterocycles. The second-order valence-electron chi connectivity index (χ2n) is 8.48. The predicted molar refractivity (Wildman–Crippen MR) is 130 cm³/mol. The van der Waals surface area contributed by atoms with Crippen LogP contribution >= 0.6 is 11.6 Å². The van der Waals surface area contributed by atoms with E-state index < -0.39 is 5.92 Å². The molecule has 0 saturated heterocycles. The Balaban J connectivity index is 1.57. The Morgan fingerprint density at radius 2 is 1.94 bits per heavy atom. The lowest BCUT2D eigenvalue weighted by Crippen LogP contribution is -2.24. The molecule has 35 heavy (non-hydrogen) atoms. The highest BCUT2D eigenvalue weighted by Crippen LogP contribution is 2.48. The number of pyridine rings is 1. The van der Waals surface area contributed by atoms with E-state index >= 15 is 0 Å². The van der Waals surface area contributed by atoms with Crippen LogP contribution in [0.25, 0.3) is 28.1 Å². The van der Waals surface area contributed by atoms with Crippen molar-refractivity contribution in [2.75, 3.05) is 0 Å². The zero-order chi connectivity index (χ0) is 23.7. The lowest BCUT2D eigenvalue weighted by Gasteiger charge is -2.28. The number of benzene rings is 2. The van der Waals surface area contributed by atoms with Crippen LogP contribution in [0.4, 0.5) is 0 Å². The predicted octanol–water partition coefficient (Wildman–Crippen LogP) is 5.47. The quantitative estimate of drug-likeness (QED) is 0.351. The highest BCUT2D eigenvalue weighted by atomic mass is 35.5. The second-order valence-corrected chi connectivity index (χ2v) is 8.91. The standard InChI is InChI=1S/C26H16ClN5O3/c1-13-4-9-17-16(11-13)22-20(25(33)29-17)19(14-5-7-15(27)8-6-14)21-24-30-23(18-3-2-10-34-18)31-32(24)12-28-26(21)35-22/h2-12,19H,1H3,(H,29,33). The first-order valence-corrected chi connectivity index (χ1v) is 11.3. The van der Waals surface area contributed by atoms with Crippen molar-refractivity contribution in [3.8, 4) is 23.2 Å². The van der Waals surface area contributed by atoms with Gasteiger partial charge in [0, 0.05) is 10.4 Å². The van der Waals surface area contributed by atoms with Crippen LogP contribution in [0.1, 0.15) is 28.2 Å². The topological polar surface area (TPSA) is 98.3 Å². The molecule has 0 spiro atoms. The van der Waals surface area contributed by atoms with Crippen LogP contribution in [-0.2, 0) is 0 Å². The number of nitrogens with zero attached hydrogens (tertiary/aromatic N) is 4. The smallest absolute Gasteiger partial charge is 0.256 e. The van der Waals surface area contributed by atoms with Crippen LogP contribution in [0.5, 0.6) is 11.6 Å². The lowest BCUT2D eigenvalue weighted by molar-refractivity contribution is 0.435. The molecule has 5 heterocycles. The minimum atomic E-state index is -0.510. The van der Waals surface area contributed by atoms with E-state index in [4.69, 9.17) is 25.7 Å². The average Bonchev–Trinajstić information content (AvgIpc) is 3.54. The molecule has 0 aliphatic carbocycles. The zero-order valence-corrected chi connectivity index (χ0v) is 19.1. The Labute approximate surface area is 202 Å².